The number of ether oxygens (including phenoxy) is 1. The first kappa shape index (κ1) is 19.8. The fourth-order valence-corrected chi connectivity index (χ4v) is 4.34. The Labute approximate surface area is 173 Å². The largest absolute Gasteiger partial charge is 0.381 e. The van der Waals surface area contributed by atoms with Gasteiger partial charge in [0.25, 0.3) is 0 Å². The van der Waals surface area contributed by atoms with Crippen LogP contribution in [0.2, 0.25) is 0 Å². The summed E-state index contributed by atoms with van der Waals surface area (Å²) in [5, 5.41) is 3.11. The molecule has 1 saturated heterocycles. The second kappa shape index (κ2) is 9.31. The van der Waals surface area contributed by atoms with Crippen LogP contribution in [0.3, 0.4) is 0 Å². The lowest BCUT2D eigenvalue weighted by Crippen LogP contribution is -2.41. The molecular formula is C24H31N3O2. The number of carbonyl (C=O) groups excluding carboxylic acids is 1. The predicted molar refractivity (Wildman–Crippen MR) is 117 cm³/mol. The van der Waals surface area contributed by atoms with Crippen molar-refractivity contribution in [3.8, 4) is 0 Å². The molecular weight excluding hydrogens is 362 g/mol. The SMILES string of the molecule is C[C@@H]1CN(CC(=O)NC[C@H]2CCOC2)c2ccccc2N(Cc2ccccc2)C1. The zero-order valence-electron chi connectivity index (χ0n) is 17.2. The molecule has 5 heteroatoms. The Morgan fingerprint density at radius 3 is 2.45 bits per heavy atom. The summed E-state index contributed by atoms with van der Waals surface area (Å²) in [6.07, 6.45) is 1.04. The number of hydrogen-bond donors (Lipinski definition) is 1. The fraction of sp³-hybridized carbons (Fsp3) is 0.458. The van der Waals surface area contributed by atoms with Gasteiger partial charge in [-0.05, 0) is 30.0 Å². The first-order valence-corrected chi connectivity index (χ1v) is 10.7. The first-order valence-electron chi connectivity index (χ1n) is 10.7. The molecule has 2 aromatic carbocycles. The van der Waals surface area contributed by atoms with Gasteiger partial charge in [0.15, 0.2) is 0 Å². The lowest BCUT2D eigenvalue weighted by atomic mass is 10.1. The third kappa shape index (κ3) is 5.10. The van der Waals surface area contributed by atoms with Crippen LogP contribution in [0.5, 0.6) is 0 Å². The smallest absolute Gasteiger partial charge is 0.239 e. The van der Waals surface area contributed by atoms with Crippen LogP contribution >= 0.6 is 0 Å². The summed E-state index contributed by atoms with van der Waals surface area (Å²) < 4.78 is 5.41. The summed E-state index contributed by atoms with van der Waals surface area (Å²) in [4.78, 5) is 17.4. The molecule has 154 valence electrons. The number of benzene rings is 2. The van der Waals surface area contributed by atoms with Gasteiger partial charge in [-0.3, -0.25) is 4.79 Å². The Balaban J connectivity index is 1.48. The van der Waals surface area contributed by atoms with Crippen molar-refractivity contribution in [2.24, 2.45) is 11.8 Å². The summed E-state index contributed by atoms with van der Waals surface area (Å²) in [5.41, 5.74) is 3.66. The van der Waals surface area contributed by atoms with E-state index in [9.17, 15) is 4.79 Å². The summed E-state index contributed by atoms with van der Waals surface area (Å²) in [7, 11) is 0. The number of amides is 1. The average Bonchev–Trinajstić information content (AvgIpc) is 3.22. The highest BCUT2D eigenvalue weighted by atomic mass is 16.5. The molecule has 4 rings (SSSR count). The maximum absolute atomic E-state index is 12.7. The van der Waals surface area contributed by atoms with Gasteiger partial charge in [-0.25, -0.2) is 0 Å². The van der Waals surface area contributed by atoms with E-state index in [0.717, 1.165) is 45.0 Å². The Bertz CT molecular complexity index is 805. The molecule has 0 aromatic heterocycles. The van der Waals surface area contributed by atoms with Crippen LogP contribution in [0.15, 0.2) is 54.6 Å². The standard InChI is InChI=1S/C24H31N3O2/c1-19-14-26(16-20-7-3-2-4-8-20)22-9-5-6-10-23(22)27(15-19)17-24(28)25-13-21-11-12-29-18-21/h2-10,19,21H,11-18H2,1H3,(H,25,28)/t19-,21+/m0/s1. The maximum atomic E-state index is 12.7. The Morgan fingerprint density at radius 2 is 1.72 bits per heavy atom. The molecule has 1 amide bonds. The number of rotatable bonds is 6. The molecule has 29 heavy (non-hydrogen) atoms. The van der Waals surface area contributed by atoms with Crippen LogP contribution < -0.4 is 15.1 Å². The van der Waals surface area contributed by atoms with Gasteiger partial charge in [0.2, 0.25) is 5.91 Å². The minimum Gasteiger partial charge on any atom is -0.381 e. The molecule has 2 atom stereocenters. The van der Waals surface area contributed by atoms with E-state index >= 15 is 0 Å². The van der Waals surface area contributed by atoms with Gasteiger partial charge in [-0.2, -0.15) is 0 Å². The average molecular weight is 394 g/mol. The van der Waals surface area contributed by atoms with Crippen molar-refractivity contribution in [2.45, 2.75) is 19.9 Å². The second-order valence-electron chi connectivity index (χ2n) is 8.37. The zero-order chi connectivity index (χ0) is 20.1. The maximum Gasteiger partial charge on any atom is 0.239 e. The Morgan fingerprint density at radius 1 is 1.03 bits per heavy atom. The highest BCUT2D eigenvalue weighted by Gasteiger charge is 2.26. The monoisotopic (exact) mass is 393 g/mol. The normalized spacial score (nSPS) is 21.6. The highest BCUT2D eigenvalue weighted by molar-refractivity contribution is 5.84. The minimum atomic E-state index is 0.0930. The van der Waals surface area contributed by atoms with Crippen molar-refractivity contribution in [2.75, 3.05) is 49.2 Å². The number of nitrogens with zero attached hydrogens (tertiary/aromatic N) is 2. The summed E-state index contributed by atoms with van der Waals surface area (Å²) in [5.74, 6) is 1.01. The molecule has 1 N–H and O–H groups in total. The molecule has 0 aliphatic carbocycles. The van der Waals surface area contributed by atoms with Gasteiger partial charge in [0.05, 0.1) is 24.5 Å². The summed E-state index contributed by atoms with van der Waals surface area (Å²) >= 11 is 0. The van der Waals surface area contributed by atoms with Gasteiger partial charge in [-0.1, -0.05) is 49.4 Å². The van der Waals surface area contributed by atoms with Crippen LogP contribution in [0.1, 0.15) is 18.9 Å². The molecule has 0 radical (unpaired) electrons. The second-order valence-corrected chi connectivity index (χ2v) is 8.37. The molecule has 0 saturated carbocycles. The van der Waals surface area contributed by atoms with E-state index in [1.54, 1.807) is 0 Å². The fourth-order valence-electron chi connectivity index (χ4n) is 4.34. The van der Waals surface area contributed by atoms with Gasteiger partial charge < -0.3 is 19.9 Å². The molecule has 5 nitrogen and oxygen atoms in total. The molecule has 0 bridgehead atoms. The molecule has 2 aliphatic rings. The van der Waals surface area contributed by atoms with E-state index in [-0.39, 0.29) is 5.91 Å². The first-order chi connectivity index (χ1) is 14.2. The molecule has 2 aliphatic heterocycles. The third-order valence-electron chi connectivity index (χ3n) is 5.79. The van der Waals surface area contributed by atoms with E-state index < -0.39 is 0 Å². The summed E-state index contributed by atoms with van der Waals surface area (Å²) in [6, 6.07) is 19.1. The quantitative estimate of drug-likeness (QED) is 0.818. The van der Waals surface area contributed by atoms with Crippen LogP contribution in [0, 0.1) is 11.8 Å². The zero-order valence-corrected chi connectivity index (χ0v) is 17.2. The lowest BCUT2D eigenvalue weighted by Gasteiger charge is -2.27. The van der Waals surface area contributed by atoms with Crippen molar-refractivity contribution in [1.82, 2.24) is 5.32 Å². The van der Waals surface area contributed by atoms with Crippen molar-refractivity contribution >= 4 is 17.3 Å². The molecule has 1 fully saturated rings. The Kier molecular flexibility index (Phi) is 6.35. The van der Waals surface area contributed by atoms with Crippen molar-refractivity contribution in [1.29, 1.82) is 0 Å². The van der Waals surface area contributed by atoms with E-state index in [1.807, 2.05) is 0 Å². The van der Waals surface area contributed by atoms with Crippen molar-refractivity contribution < 1.29 is 9.53 Å². The number of nitrogens with one attached hydrogen (secondary N) is 1. The number of hydrogen-bond acceptors (Lipinski definition) is 4. The highest BCUT2D eigenvalue weighted by Crippen LogP contribution is 2.34. The van der Waals surface area contributed by atoms with Crippen molar-refractivity contribution in [3.05, 3.63) is 60.2 Å². The topological polar surface area (TPSA) is 44.8 Å². The van der Waals surface area contributed by atoms with Gasteiger partial charge in [0.1, 0.15) is 0 Å². The van der Waals surface area contributed by atoms with E-state index in [2.05, 4.69) is 76.6 Å². The van der Waals surface area contributed by atoms with E-state index in [1.165, 1.54) is 11.3 Å². The third-order valence-corrected chi connectivity index (χ3v) is 5.79. The van der Waals surface area contributed by atoms with Crippen LogP contribution in [0.4, 0.5) is 11.4 Å². The molecule has 0 spiro atoms. The number of anilines is 2. The molecule has 2 aromatic rings. The van der Waals surface area contributed by atoms with Gasteiger partial charge >= 0.3 is 0 Å². The predicted octanol–water partition coefficient (Wildman–Crippen LogP) is 3.30. The minimum absolute atomic E-state index is 0.0930. The molecule has 0 unspecified atom stereocenters. The number of para-hydroxylation sites is 2. The molecule has 2 heterocycles. The summed E-state index contributed by atoms with van der Waals surface area (Å²) in [6.45, 7) is 7.69. The number of fused-ring (bicyclic) bond motifs is 1. The van der Waals surface area contributed by atoms with Gasteiger partial charge in [-0.15, -0.1) is 0 Å². The Hall–Kier alpha value is -2.53. The van der Waals surface area contributed by atoms with Crippen molar-refractivity contribution in [3.63, 3.8) is 0 Å². The van der Waals surface area contributed by atoms with Crippen LogP contribution in [-0.4, -0.2) is 45.3 Å². The number of carbonyl (C=O) groups is 1. The van der Waals surface area contributed by atoms with Crippen LogP contribution in [0.25, 0.3) is 0 Å². The van der Waals surface area contributed by atoms with E-state index in [4.69, 9.17) is 4.74 Å². The lowest BCUT2D eigenvalue weighted by molar-refractivity contribution is -0.120. The van der Waals surface area contributed by atoms with Crippen LogP contribution in [-0.2, 0) is 16.1 Å². The van der Waals surface area contributed by atoms with E-state index in [0.29, 0.717) is 24.9 Å². The van der Waals surface area contributed by atoms with Gasteiger partial charge in [0, 0.05) is 38.7 Å².